The molecule has 0 aromatic heterocycles. The number of allylic oxidation sites excluding steroid dienone is 16. The van der Waals surface area contributed by atoms with Crippen molar-refractivity contribution in [3.8, 4) is 0 Å². The molecule has 0 spiro atoms. The van der Waals surface area contributed by atoms with Gasteiger partial charge in [0, 0.05) is 19.3 Å². The van der Waals surface area contributed by atoms with Crippen molar-refractivity contribution in [3.63, 3.8) is 0 Å². The van der Waals surface area contributed by atoms with Gasteiger partial charge >= 0.3 is 17.9 Å². The number of esters is 3. The van der Waals surface area contributed by atoms with Gasteiger partial charge in [-0.3, -0.25) is 14.4 Å². The second-order valence-electron chi connectivity index (χ2n) is 22.7. The van der Waals surface area contributed by atoms with Crippen molar-refractivity contribution in [1.82, 2.24) is 0 Å². The minimum absolute atomic E-state index is 0.0976. The minimum Gasteiger partial charge on any atom is -0.462 e. The van der Waals surface area contributed by atoms with Gasteiger partial charge < -0.3 is 14.2 Å². The molecule has 0 rings (SSSR count). The van der Waals surface area contributed by atoms with E-state index in [0.29, 0.717) is 19.3 Å². The Hall–Kier alpha value is -3.67. The van der Waals surface area contributed by atoms with Gasteiger partial charge in [0.15, 0.2) is 6.10 Å². The Labute approximate surface area is 496 Å². The predicted octanol–water partition coefficient (Wildman–Crippen LogP) is 23.6. The molecule has 0 saturated heterocycles. The van der Waals surface area contributed by atoms with Gasteiger partial charge in [0.25, 0.3) is 0 Å². The molecule has 0 aromatic carbocycles. The van der Waals surface area contributed by atoms with Gasteiger partial charge in [-0.1, -0.05) is 311 Å². The van der Waals surface area contributed by atoms with E-state index in [1.165, 1.54) is 173 Å². The lowest BCUT2D eigenvalue weighted by atomic mass is 10.0. The second-order valence-corrected chi connectivity index (χ2v) is 22.7. The molecular formula is C74H128O6. The van der Waals surface area contributed by atoms with Gasteiger partial charge in [-0.2, -0.15) is 0 Å². The molecule has 1 atom stereocenters. The number of rotatable bonds is 62. The fraction of sp³-hybridized carbons (Fsp3) is 0.743. The van der Waals surface area contributed by atoms with Crippen molar-refractivity contribution in [3.05, 3.63) is 97.2 Å². The zero-order valence-electron chi connectivity index (χ0n) is 52.8. The maximum Gasteiger partial charge on any atom is 0.306 e. The van der Waals surface area contributed by atoms with Crippen molar-refractivity contribution in [2.45, 2.75) is 341 Å². The summed E-state index contributed by atoms with van der Waals surface area (Å²) in [5.41, 5.74) is 0. The van der Waals surface area contributed by atoms with E-state index >= 15 is 0 Å². The lowest BCUT2D eigenvalue weighted by molar-refractivity contribution is -0.167. The van der Waals surface area contributed by atoms with Crippen LogP contribution in [0.3, 0.4) is 0 Å². The summed E-state index contributed by atoms with van der Waals surface area (Å²) < 4.78 is 16.9. The van der Waals surface area contributed by atoms with Crippen LogP contribution in [0.1, 0.15) is 335 Å². The van der Waals surface area contributed by atoms with Crippen molar-refractivity contribution in [2.24, 2.45) is 0 Å². The number of carbonyl (C=O) groups excluding carboxylic acids is 3. The molecule has 0 radical (unpaired) electrons. The second kappa shape index (κ2) is 67.8. The van der Waals surface area contributed by atoms with Crippen molar-refractivity contribution >= 4 is 17.9 Å². The van der Waals surface area contributed by atoms with Gasteiger partial charge in [-0.25, -0.2) is 0 Å². The van der Waals surface area contributed by atoms with Gasteiger partial charge in [0.05, 0.1) is 0 Å². The first-order valence-corrected chi connectivity index (χ1v) is 34.2. The fourth-order valence-electron chi connectivity index (χ4n) is 9.71. The molecule has 0 heterocycles. The third kappa shape index (κ3) is 65.1. The topological polar surface area (TPSA) is 78.9 Å². The highest BCUT2D eigenvalue weighted by atomic mass is 16.6. The average Bonchev–Trinajstić information content (AvgIpc) is 3.46. The summed E-state index contributed by atoms with van der Waals surface area (Å²) in [4.78, 5) is 38.4. The zero-order chi connectivity index (χ0) is 57.8. The lowest BCUT2D eigenvalue weighted by Gasteiger charge is -2.18. The standard InChI is InChI=1S/C74H128O6/c1-4-7-10-13-16-19-22-25-28-31-33-35-36-37-38-40-41-43-46-49-52-55-58-61-64-67-73(76)79-70-71(69-78-72(75)66-63-60-57-54-51-48-45-30-27-24-21-18-15-12-9-6-3)80-74(77)68-65-62-59-56-53-50-47-44-42-39-34-32-29-26-23-20-17-14-11-8-5-2/h8,11,17,20-21,24,26,29-30,34,39,44-45,47,53,56,71H,4-7,9-10,12-16,18-19,22-23,25,27-28,31-33,35-38,40-43,46,48-52,54-55,57-70H2,1-3H3/b11-8-,20-17-,24-21-,29-26-,39-34-,45-30-,47-44-,56-53-. The highest BCUT2D eigenvalue weighted by molar-refractivity contribution is 5.71. The predicted molar refractivity (Wildman–Crippen MR) is 348 cm³/mol. The molecule has 0 aromatic rings. The molecule has 1 unspecified atom stereocenters. The highest BCUT2D eigenvalue weighted by Gasteiger charge is 2.19. The molecule has 0 fully saturated rings. The molecule has 0 aliphatic rings. The largest absolute Gasteiger partial charge is 0.462 e. The van der Waals surface area contributed by atoms with Gasteiger partial charge in [-0.15, -0.1) is 0 Å². The molecule has 0 amide bonds. The monoisotopic (exact) mass is 1110 g/mol. The maximum atomic E-state index is 12.9. The van der Waals surface area contributed by atoms with E-state index in [1.807, 2.05) is 0 Å². The number of ether oxygens (including phenoxy) is 3. The summed E-state index contributed by atoms with van der Waals surface area (Å²) in [6.45, 7) is 6.50. The van der Waals surface area contributed by atoms with Crippen LogP contribution in [-0.2, 0) is 28.6 Å². The van der Waals surface area contributed by atoms with E-state index in [1.54, 1.807) is 0 Å². The number of carbonyl (C=O) groups is 3. The normalized spacial score (nSPS) is 12.7. The Kier molecular flexibility index (Phi) is 64.7. The van der Waals surface area contributed by atoms with Crippen LogP contribution in [0.2, 0.25) is 0 Å². The van der Waals surface area contributed by atoms with Crippen molar-refractivity contribution < 1.29 is 28.6 Å². The molecule has 460 valence electrons. The summed E-state index contributed by atoms with van der Waals surface area (Å²) in [6, 6.07) is 0. The first-order valence-electron chi connectivity index (χ1n) is 34.2. The van der Waals surface area contributed by atoms with Gasteiger partial charge in [0.2, 0.25) is 0 Å². The van der Waals surface area contributed by atoms with Crippen LogP contribution in [0.5, 0.6) is 0 Å². The van der Waals surface area contributed by atoms with Crippen LogP contribution in [0.4, 0.5) is 0 Å². The van der Waals surface area contributed by atoms with Gasteiger partial charge in [-0.05, 0) is 103 Å². The number of hydrogen-bond acceptors (Lipinski definition) is 6. The molecule has 0 aliphatic heterocycles. The quantitative estimate of drug-likeness (QED) is 0.0261. The first-order chi connectivity index (χ1) is 39.5. The zero-order valence-corrected chi connectivity index (χ0v) is 52.8. The Bertz CT molecular complexity index is 1560. The molecule has 6 nitrogen and oxygen atoms in total. The van der Waals surface area contributed by atoms with Crippen molar-refractivity contribution in [2.75, 3.05) is 13.2 Å². The Balaban J connectivity index is 4.40. The molecule has 0 bridgehead atoms. The van der Waals surface area contributed by atoms with E-state index in [4.69, 9.17) is 14.2 Å². The summed E-state index contributed by atoms with van der Waals surface area (Å²) in [6.07, 6.45) is 91.4. The molecule has 0 aliphatic carbocycles. The van der Waals surface area contributed by atoms with Crippen molar-refractivity contribution in [1.29, 1.82) is 0 Å². The van der Waals surface area contributed by atoms with Gasteiger partial charge in [0.1, 0.15) is 13.2 Å². The smallest absolute Gasteiger partial charge is 0.306 e. The first kappa shape index (κ1) is 76.3. The molecule has 80 heavy (non-hydrogen) atoms. The third-order valence-corrected chi connectivity index (χ3v) is 14.8. The highest BCUT2D eigenvalue weighted by Crippen LogP contribution is 2.17. The molecule has 6 heteroatoms. The lowest BCUT2D eigenvalue weighted by Crippen LogP contribution is -2.30. The van der Waals surface area contributed by atoms with E-state index in [9.17, 15) is 14.4 Å². The Morgan fingerprint density at radius 3 is 0.800 bits per heavy atom. The summed E-state index contributed by atoms with van der Waals surface area (Å²) in [7, 11) is 0. The maximum absolute atomic E-state index is 12.9. The Morgan fingerprint density at radius 1 is 0.263 bits per heavy atom. The molecular weight excluding hydrogens is 985 g/mol. The number of unbranched alkanes of at least 4 members (excludes halogenated alkanes) is 35. The summed E-state index contributed by atoms with van der Waals surface area (Å²) >= 11 is 0. The van der Waals surface area contributed by atoms with Crippen LogP contribution in [0.15, 0.2) is 97.2 Å². The van der Waals surface area contributed by atoms with E-state index in [2.05, 4.69) is 118 Å². The van der Waals surface area contributed by atoms with E-state index < -0.39 is 6.10 Å². The van der Waals surface area contributed by atoms with Crippen LogP contribution < -0.4 is 0 Å². The van der Waals surface area contributed by atoms with E-state index in [0.717, 1.165) is 116 Å². The summed E-state index contributed by atoms with van der Waals surface area (Å²) in [5, 5.41) is 0. The number of hydrogen-bond donors (Lipinski definition) is 0. The SMILES string of the molecule is CC/C=C\C/C=C\C/C=C\C/C=C\C/C=C\C/C=C\CCCCC(=O)OC(COC(=O)CCCCCCC/C=C\C/C=C\CCCCCC)COC(=O)CCCCCCCCCCCCCCCCCCCCCCCCCCC. The molecule has 0 saturated carbocycles. The summed E-state index contributed by atoms with van der Waals surface area (Å²) in [5.74, 6) is -0.942. The Morgan fingerprint density at radius 2 is 0.487 bits per heavy atom. The van der Waals surface area contributed by atoms with Crippen LogP contribution in [0, 0.1) is 0 Å². The van der Waals surface area contributed by atoms with Crippen LogP contribution >= 0.6 is 0 Å². The average molecular weight is 1110 g/mol. The third-order valence-electron chi connectivity index (χ3n) is 14.8. The minimum atomic E-state index is -0.808. The fourth-order valence-corrected chi connectivity index (χ4v) is 9.71. The molecule has 0 N–H and O–H groups in total. The van der Waals surface area contributed by atoms with Crippen LogP contribution in [0.25, 0.3) is 0 Å². The van der Waals surface area contributed by atoms with E-state index in [-0.39, 0.29) is 37.5 Å². The van der Waals surface area contributed by atoms with Crippen LogP contribution in [-0.4, -0.2) is 37.2 Å².